The Morgan fingerprint density at radius 1 is 1.56 bits per heavy atom. The first kappa shape index (κ1) is 12.2. The van der Waals surface area contributed by atoms with Gasteiger partial charge < -0.3 is 5.32 Å². The van der Waals surface area contributed by atoms with Gasteiger partial charge in [-0.1, -0.05) is 0 Å². The van der Waals surface area contributed by atoms with Gasteiger partial charge in [0.1, 0.15) is 0 Å². The van der Waals surface area contributed by atoms with E-state index < -0.39 is 0 Å². The number of aromatic nitrogens is 1. The summed E-state index contributed by atoms with van der Waals surface area (Å²) in [5.74, 6) is 0. The van der Waals surface area contributed by atoms with Crippen molar-refractivity contribution < 1.29 is 0 Å². The van der Waals surface area contributed by atoms with Gasteiger partial charge in [0.05, 0.1) is 5.01 Å². The van der Waals surface area contributed by atoms with Crippen LogP contribution in [0.4, 0.5) is 0 Å². The van der Waals surface area contributed by atoms with Crippen LogP contribution in [-0.2, 0) is 6.54 Å². The summed E-state index contributed by atoms with van der Waals surface area (Å²) in [5, 5.41) is 6.74. The van der Waals surface area contributed by atoms with Crippen LogP contribution in [-0.4, -0.2) is 4.98 Å². The van der Waals surface area contributed by atoms with Crippen LogP contribution in [0.25, 0.3) is 0 Å². The first-order valence-corrected chi connectivity index (χ1v) is 7.52. The van der Waals surface area contributed by atoms with Crippen molar-refractivity contribution in [1.82, 2.24) is 10.3 Å². The average molecular weight is 317 g/mol. The Morgan fingerprint density at radius 2 is 2.38 bits per heavy atom. The first-order valence-electron chi connectivity index (χ1n) is 5.04. The number of thiophene rings is 1. The molecule has 0 amide bonds. The molecule has 1 unspecified atom stereocenters. The van der Waals surface area contributed by atoms with Crippen molar-refractivity contribution in [2.45, 2.75) is 26.4 Å². The lowest BCUT2D eigenvalue weighted by Gasteiger charge is -2.10. The van der Waals surface area contributed by atoms with Crippen molar-refractivity contribution in [3.05, 3.63) is 36.9 Å². The van der Waals surface area contributed by atoms with Crippen LogP contribution in [0.1, 0.15) is 27.7 Å². The lowest BCUT2D eigenvalue weighted by atomic mass is 10.3. The summed E-state index contributed by atoms with van der Waals surface area (Å²) >= 11 is 6.99. The number of rotatable bonds is 4. The van der Waals surface area contributed by atoms with E-state index in [0.29, 0.717) is 6.04 Å². The molecule has 0 radical (unpaired) electrons. The maximum Gasteiger partial charge on any atom is 0.0897 e. The van der Waals surface area contributed by atoms with Crippen LogP contribution in [0.2, 0.25) is 0 Å². The van der Waals surface area contributed by atoms with E-state index >= 15 is 0 Å². The molecule has 0 aromatic carbocycles. The maximum absolute atomic E-state index is 4.27. The second-order valence-electron chi connectivity index (χ2n) is 3.62. The van der Waals surface area contributed by atoms with E-state index in [2.05, 4.69) is 44.6 Å². The van der Waals surface area contributed by atoms with Gasteiger partial charge in [0.2, 0.25) is 0 Å². The summed E-state index contributed by atoms with van der Waals surface area (Å²) in [5.41, 5.74) is 0. The average Bonchev–Trinajstić information content (AvgIpc) is 2.84. The number of hydrogen-bond acceptors (Lipinski definition) is 4. The Hall–Kier alpha value is -0.230. The van der Waals surface area contributed by atoms with Crippen LogP contribution in [0.5, 0.6) is 0 Å². The minimum atomic E-state index is 0.368. The molecule has 0 bridgehead atoms. The fourth-order valence-electron chi connectivity index (χ4n) is 1.38. The smallest absolute Gasteiger partial charge is 0.0897 e. The minimum absolute atomic E-state index is 0.368. The summed E-state index contributed by atoms with van der Waals surface area (Å²) in [7, 11) is 0. The summed E-state index contributed by atoms with van der Waals surface area (Å²) in [6.45, 7) is 5.13. The van der Waals surface area contributed by atoms with Crippen LogP contribution in [0.3, 0.4) is 0 Å². The molecule has 0 aliphatic carbocycles. The quantitative estimate of drug-likeness (QED) is 0.917. The maximum atomic E-state index is 4.27. The van der Waals surface area contributed by atoms with Crippen LogP contribution < -0.4 is 5.32 Å². The third-order valence-electron chi connectivity index (χ3n) is 2.27. The second kappa shape index (κ2) is 5.40. The van der Waals surface area contributed by atoms with Gasteiger partial charge in [-0.3, -0.25) is 0 Å². The Morgan fingerprint density at radius 3 is 2.94 bits per heavy atom. The molecule has 2 nitrogen and oxygen atoms in total. The fraction of sp³-hybridized carbons (Fsp3) is 0.364. The van der Waals surface area contributed by atoms with Gasteiger partial charge in [0, 0.05) is 38.4 Å². The highest BCUT2D eigenvalue weighted by atomic mass is 79.9. The fourth-order valence-corrected chi connectivity index (χ4v) is 3.59. The molecule has 0 saturated heterocycles. The lowest BCUT2D eigenvalue weighted by molar-refractivity contribution is 0.586. The second-order valence-corrected chi connectivity index (χ2v) is 6.79. The standard InChI is InChI=1S/C11H13BrN2S2/c1-7(11-5-14-8(2)16-11)13-4-10-3-9(12)6-15-10/h3,5-7,13H,4H2,1-2H3. The normalized spacial score (nSPS) is 12.9. The Bertz CT molecular complexity index is 464. The zero-order valence-electron chi connectivity index (χ0n) is 9.16. The Balaban J connectivity index is 1.91. The Kier molecular flexibility index (Phi) is 4.13. The molecule has 86 valence electrons. The van der Waals surface area contributed by atoms with E-state index in [0.717, 1.165) is 16.0 Å². The molecule has 16 heavy (non-hydrogen) atoms. The first-order chi connectivity index (χ1) is 7.65. The van der Waals surface area contributed by atoms with Crippen molar-refractivity contribution in [2.75, 3.05) is 0 Å². The van der Waals surface area contributed by atoms with Gasteiger partial charge in [0.15, 0.2) is 0 Å². The highest BCUT2D eigenvalue weighted by Crippen LogP contribution is 2.23. The zero-order valence-corrected chi connectivity index (χ0v) is 12.4. The topological polar surface area (TPSA) is 24.9 Å². The van der Waals surface area contributed by atoms with E-state index in [9.17, 15) is 0 Å². The van der Waals surface area contributed by atoms with Crippen molar-refractivity contribution in [3.8, 4) is 0 Å². The highest BCUT2D eigenvalue weighted by molar-refractivity contribution is 9.10. The van der Waals surface area contributed by atoms with Gasteiger partial charge in [-0.05, 0) is 35.8 Å². The molecular weight excluding hydrogens is 304 g/mol. The SMILES string of the molecule is Cc1ncc(C(C)NCc2cc(Br)cs2)s1. The number of hydrogen-bond donors (Lipinski definition) is 1. The molecule has 1 N–H and O–H groups in total. The summed E-state index contributed by atoms with van der Waals surface area (Å²) < 4.78 is 1.16. The van der Waals surface area contributed by atoms with Gasteiger partial charge in [-0.25, -0.2) is 4.98 Å². The number of halogens is 1. The molecule has 2 rings (SSSR count). The predicted molar refractivity (Wildman–Crippen MR) is 74.1 cm³/mol. The molecule has 0 fully saturated rings. The van der Waals surface area contributed by atoms with Crippen molar-refractivity contribution in [1.29, 1.82) is 0 Å². The number of aryl methyl sites for hydroxylation is 1. The Labute approximate surface area is 112 Å². The zero-order chi connectivity index (χ0) is 11.5. The van der Waals surface area contributed by atoms with E-state index in [1.165, 1.54) is 9.75 Å². The number of nitrogens with one attached hydrogen (secondary N) is 1. The summed E-state index contributed by atoms with van der Waals surface area (Å²) in [4.78, 5) is 6.92. The van der Waals surface area contributed by atoms with E-state index in [-0.39, 0.29) is 0 Å². The molecule has 5 heteroatoms. The predicted octanol–water partition coefficient (Wildman–Crippen LogP) is 4.13. The molecule has 2 aromatic rings. The molecular formula is C11H13BrN2S2. The minimum Gasteiger partial charge on any atom is -0.304 e. The van der Waals surface area contributed by atoms with Crippen molar-refractivity contribution >= 4 is 38.6 Å². The van der Waals surface area contributed by atoms with Gasteiger partial charge in [-0.15, -0.1) is 22.7 Å². The van der Waals surface area contributed by atoms with Crippen LogP contribution in [0, 0.1) is 6.92 Å². The van der Waals surface area contributed by atoms with Gasteiger partial charge in [0.25, 0.3) is 0 Å². The third-order valence-corrected chi connectivity index (χ3v) is 5.06. The molecule has 0 aliphatic rings. The number of thiazole rings is 1. The van der Waals surface area contributed by atoms with E-state index in [1.54, 1.807) is 22.7 Å². The summed E-state index contributed by atoms with van der Waals surface area (Å²) in [6.07, 6.45) is 1.96. The molecule has 0 aliphatic heterocycles. The van der Waals surface area contributed by atoms with E-state index in [4.69, 9.17) is 0 Å². The highest BCUT2D eigenvalue weighted by Gasteiger charge is 2.08. The monoisotopic (exact) mass is 316 g/mol. The van der Waals surface area contributed by atoms with Gasteiger partial charge in [-0.2, -0.15) is 0 Å². The van der Waals surface area contributed by atoms with Crippen LogP contribution >= 0.6 is 38.6 Å². The molecule has 2 aromatic heterocycles. The largest absolute Gasteiger partial charge is 0.304 e. The molecule has 0 spiro atoms. The molecule has 1 atom stereocenters. The molecule has 0 saturated carbocycles. The molecule has 2 heterocycles. The van der Waals surface area contributed by atoms with Crippen LogP contribution in [0.15, 0.2) is 22.1 Å². The lowest BCUT2D eigenvalue weighted by Crippen LogP contribution is -2.16. The number of nitrogens with zero attached hydrogens (tertiary/aromatic N) is 1. The summed E-state index contributed by atoms with van der Waals surface area (Å²) in [6, 6.07) is 2.52. The van der Waals surface area contributed by atoms with Gasteiger partial charge >= 0.3 is 0 Å². The van der Waals surface area contributed by atoms with E-state index in [1.807, 2.05) is 13.1 Å². The van der Waals surface area contributed by atoms with Crippen molar-refractivity contribution in [3.63, 3.8) is 0 Å². The van der Waals surface area contributed by atoms with Crippen molar-refractivity contribution in [2.24, 2.45) is 0 Å². The third kappa shape index (κ3) is 3.13.